The van der Waals surface area contributed by atoms with Crippen LogP contribution < -0.4 is 0 Å². The number of hydrogen-bond acceptors (Lipinski definition) is 4. The quantitative estimate of drug-likeness (QED) is 0.404. The molecule has 1 aliphatic rings. The predicted octanol–water partition coefficient (Wildman–Crippen LogP) is 2.68. The normalized spacial score (nSPS) is 28.9. The highest BCUT2D eigenvalue weighted by Gasteiger charge is 2.47. The van der Waals surface area contributed by atoms with E-state index in [0.29, 0.717) is 0 Å². The van der Waals surface area contributed by atoms with Gasteiger partial charge in [0.25, 0.3) is 0 Å². The molecule has 1 heterocycles. The largest absolute Gasteiger partial charge is 0.427 e. The van der Waals surface area contributed by atoms with Crippen LogP contribution in [0.1, 0.15) is 65.2 Å². The van der Waals surface area contributed by atoms with Crippen molar-refractivity contribution in [3.8, 4) is 0 Å². The number of rotatable bonds is 8. The van der Waals surface area contributed by atoms with Gasteiger partial charge in [-0.15, -0.1) is 0 Å². The van der Waals surface area contributed by atoms with Crippen molar-refractivity contribution in [2.24, 2.45) is 0 Å². The summed E-state index contributed by atoms with van der Waals surface area (Å²) in [6.07, 6.45) is 9.68. The van der Waals surface area contributed by atoms with Crippen LogP contribution in [0, 0.1) is 0 Å². The Balaban J connectivity index is 2.21. The van der Waals surface area contributed by atoms with Gasteiger partial charge in [-0.3, -0.25) is 0 Å². The molecule has 0 amide bonds. The Bertz CT molecular complexity index is 320. The smallest absolute Gasteiger partial charge is 0.339 e. The van der Waals surface area contributed by atoms with E-state index in [9.17, 15) is 15.0 Å². The number of unbranched alkanes of at least 4 members (excludes halogenated alkanes) is 7. The Morgan fingerprint density at radius 3 is 2.32 bits per heavy atom. The highest BCUT2D eigenvalue weighted by Crippen LogP contribution is 2.29. The third kappa shape index (κ3) is 4.96. The molecule has 0 radical (unpaired) electrons. The fourth-order valence-corrected chi connectivity index (χ4v) is 2.26. The molecule has 110 valence electrons. The molecule has 0 saturated carbocycles. The van der Waals surface area contributed by atoms with E-state index in [0.717, 1.165) is 19.3 Å². The van der Waals surface area contributed by atoms with Crippen molar-refractivity contribution in [3.05, 3.63) is 11.6 Å². The molecular formula is C15H26O4. The minimum Gasteiger partial charge on any atom is -0.427 e. The molecule has 1 aliphatic heterocycles. The van der Waals surface area contributed by atoms with E-state index in [1.54, 1.807) is 6.08 Å². The van der Waals surface area contributed by atoms with Gasteiger partial charge in [0.05, 0.1) is 5.57 Å². The SMILES string of the molecule is CCCCCCCCCC=C1C(=O)OC(C)(O)C1O. The van der Waals surface area contributed by atoms with E-state index >= 15 is 0 Å². The van der Waals surface area contributed by atoms with Crippen LogP contribution in [0.5, 0.6) is 0 Å². The summed E-state index contributed by atoms with van der Waals surface area (Å²) in [5.74, 6) is -2.39. The first kappa shape index (κ1) is 16.2. The van der Waals surface area contributed by atoms with Crippen LogP contribution in [-0.4, -0.2) is 28.1 Å². The van der Waals surface area contributed by atoms with Gasteiger partial charge in [0, 0.05) is 6.92 Å². The molecule has 4 nitrogen and oxygen atoms in total. The minimum atomic E-state index is -1.77. The monoisotopic (exact) mass is 270 g/mol. The van der Waals surface area contributed by atoms with Crippen LogP contribution in [0.3, 0.4) is 0 Å². The summed E-state index contributed by atoms with van der Waals surface area (Å²) in [6.45, 7) is 3.50. The van der Waals surface area contributed by atoms with Crippen LogP contribution in [0.25, 0.3) is 0 Å². The third-order valence-electron chi connectivity index (χ3n) is 3.51. The number of esters is 1. The zero-order valence-corrected chi connectivity index (χ0v) is 12.0. The third-order valence-corrected chi connectivity index (χ3v) is 3.51. The summed E-state index contributed by atoms with van der Waals surface area (Å²) in [5, 5.41) is 19.3. The summed E-state index contributed by atoms with van der Waals surface area (Å²) >= 11 is 0. The number of aliphatic hydroxyl groups excluding tert-OH is 1. The van der Waals surface area contributed by atoms with Gasteiger partial charge in [0.2, 0.25) is 5.79 Å². The Hall–Kier alpha value is -0.870. The molecule has 0 bridgehead atoms. The van der Waals surface area contributed by atoms with E-state index in [4.69, 9.17) is 4.74 Å². The minimum absolute atomic E-state index is 0.191. The first-order valence-electron chi connectivity index (χ1n) is 7.33. The molecule has 1 fully saturated rings. The average molecular weight is 270 g/mol. The average Bonchev–Trinajstić information content (AvgIpc) is 2.54. The maximum Gasteiger partial charge on any atom is 0.339 e. The van der Waals surface area contributed by atoms with Crippen molar-refractivity contribution in [2.75, 3.05) is 0 Å². The number of hydrogen-bond donors (Lipinski definition) is 2. The summed E-state index contributed by atoms with van der Waals surface area (Å²) in [4.78, 5) is 11.4. The van der Waals surface area contributed by atoms with Gasteiger partial charge in [-0.1, -0.05) is 51.5 Å². The van der Waals surface area contributed by atoms with Gasteiger partial charge in [-0.05, 0) is 12.8 Å². The topological polar surface area (TPSA) is 66.8 Å². The van der Waals surface area contributed by atoms with Gasteiger partial charge in [-0.2, -0.15) is 0 Å². The first-order valence-corrected chi connectivity index (χ1v) is 7.33. The van der Waals surface area contributed by atoms with Gasteiger partial charge >= 0.3 is 5.97 Å². The number of ether oxygens (including phenoxy) is 1. The lowest BCUT2D eigenvalue weighted by Gasteiger charge is -2.17. The Morgan fingerprint density at radius 1 is 1.21 bits per heavy atom. The number of aliphatic hydroxyl groups is 2. The Labute approximate surface area is 115 Å². The van der Waals surface area contributed by atoms with Crippen LogP contribution in [0.15, 0.2) is 11.6 Å². The summed E-state index contributed by atoms with van der Waals surface area (Å²) in [7, 11) is 0. The van der Waals surface area contributed by atoms with E-state index < -0.39 is 17.9 Å². The summed E-state index contributed by atoms with van der Waals surface area (Å²) in [6, 6.07) is 0. The molecule has 19 heavy (non-hydrogen) atoms. The van der Waals surface area contributed by atoms with Crippen LogP contribution in [-0.2, 0) is 9.53 Å². The van der Waals surface area contributed by atoms with Gasteiger partial charge in [0.15, 0.2) is 6.10 Å². The summed E-state index contributed by atoms with van der Waals surface area (Å²) < 4.78 is 4.69. The molecule has 2 unspecified atom stereocenters. The van der Waals surface area contributed by atoms with Crippen molar-refractivity contribution in [2.45, 2.75) is 77.1 Å². The highest BCUT2D eigenvalue weighted by molar-refractivity contribution is 5.92. The van der Waals surface area contributed by atoms with Gasteiger partial charge < -0.3 is 14.9 Å². The van der Waals surface area contributed by atoms with E-state index in [2.05, 4.69) is 6.92 Å². The Kier molecular flexibility index (Phi) is 6.52. The number of carbonyl (C=O) groups is 1. The maximum absolute atomic E-state index is 11.4. The molecule has 2 N–H and O–H groups in total. The number of carbonyl (C=O) groups excluding carboxylic acids is 1. The molecule has 0 aromatic carbocycles. The molecule has 0 aromatic heterocycles. The van der Waals surface area contributed by atoms with Gasteiger partial charge in [-0.25, -0.2) is 4.79 Å². The van der Waals surface area contributed by atoms with Gasteiger partial charge in [0.1, 0.15) is 0 Å². The lowest BCUT2D eigenvalue weighted by atomic mass is 10.0. The van der Waals surface area contributed by atoms with E-state index in [1.807, 2.05) is 0 Å². The Morgan fingerprint density at radius 2 is 1.79 bits per heavy atom. The maximum atomic E-state index is 11.4. The molecule has 4 heteroatoms. The highest BCUT2D eigenvalue weighted by atomic mass is 16.7. The second-order valence-corrected chi connectivity index (χ2v) is 5.42. The van der Waals surface area contributed by atoms with Crippen LogP contribution >= 0.6 is 0 Å². The molecular weight excluding hydrogens is 244 g/mol. The fourth-order valence-electron chi connectivity index (χ4n) is 2.26. The molecule has 0 aliphatic carbocycles. The van der Waals surface area contributed by atoms with Crippen molar-refractivity contribution in [1.29, 1.82) is 0 Å². The standard InChI is InChI=1S/C15H26O4/c1-3-4-5-6-7-8-9-10-11-12-13(16)15(2,18)19-14(12)17/h11,13,16,18H,3-10H2,1-2H3. The van der Waals surface area contributed by atoms with Crippen molar-refractivity contribution in [1.82, 2.24) is 0 Å². The van der Waals surface area contributed by atoms with Crippen molar-refractivity contribution in [3.63, 3.8) is 0 Å². The van der Waals surface area contributed by atoms with Crippen LogP contribution in [0.4, 0.5) is 0 Å². The molecule has 2 atom stereocenters. The zero-order valence-electron chi connectivity index (χ0n) is 12.0. The molecule has 0 spiro atoms. The zero-order chi connectivity index (χ0) is 14.3. The second-order valence-electron chi connectivity index (χ2n) is 5.42. The lowest BCUT2D eigenvalue weighted by Crippen LogP contribution is -2.35. The van der Waals surface area contributed by atoms with Crippen LogP contribution in [0.2, 0.25) is 0 Å². The lowest BCUT2D eigenvalue weighted by molar-refractivity contribution is -0.203. The number of cyclic esters (lactones) is 1. The molecule has 1 rings (SSSR count). The first-order chi connectivity index (χ1) is 8.99. The number of allylic oxidation sites excluding steroid dienone is 1. The fraction of sp³-hybridized carbons (Fsp3) is 0.800. The molecule has 0 aromatic rings. The molecule has 1 saturated heterocycles. The van der Waals surface area contributed by atoms with E-state index in [-0.39, 0.29) is 5.57 Å². The summed E-state index contributed by atoms with van der Waals surface area (Å²) in [5.41, 5.74) is 0.191. The predicted molar refractivity (Wildman–Crippen MR) is 73.4 cm³/mol. The second kappa shape index (κ2) is 7.65. The van der Waals surface area contributed by atoms with E-state index in [1.165, 1.54) is 39.0 Å². The van der Waals surface area contributed by atoms with Crippen molar-refractivity contribution >= 4 is 5.97 Å². The van der Waals surface area contributed by atoms with Crippen molar-refractivity contribution < 1.29 is 19.7 Å².